The molecule has 0 fully saturated rings. The Balaban J connectivity index is 1.70. The molecule has 1 aliphatic rings. The van der Waals surface area contributed by atoms with Crippen molar-refractivity contribution < 1.29 is 13.7 Å². The minimum Gasteiger partial charge on any atom is -0.444 e. The van der Waals surface area contributed by atoms with Crippen molar-refractivity contribution in [3.05, 3.63) is 47.0 Å². The molecule has 6 nitrogen and oxygen atoms in total. The van der Waals surface area contributed by atoms with Crippen LogP contribution in [0.25, 0.3) is 0 Å². The number of aromatic nitrogens is 2. The van der Waals surface area contributed by atoms with Crippen LogP contribution in [0.5, 0.6) is 0 Å². The highest BCUT2D eigenvalue weighted by atomic mass is 32.2. The monoisotopic (exact) mass is 331 g/mol. The predicted octanol–water partition coefficient (Wildman–Crippen LogP) is 2.45. The molecule has 1 N–H and O–H groups in total. The number of fused-ring (bicyclic) bond motifs is 1. The average molecular weight is 331 g/mol. The zero-order valence-electron chi connectivity index (χ0n) is 12.7. The number of amides is 1. The molecule has 23 heavy (non-hydrogen) atoms. The van der Waals surface area contributed by atoms with Crippen molar-refractivity contribution in [3.63, 3.8) is 0 Å². The van der Waals surface area contributed by atoms with E-state index in [0.717, 1.165) is 36.0 Å². The van der Waals surface area contributed by atoms with Gasteiger partial charge in [-0.15, -0.1) is 10.2 Å². The zero-order chi connectivity index (χ0) is 16.2. The van der Waals surface area contributed by atoms with Gasteiger partial charge in [-0.25, -0.2) is 4.79 Å². The van der Waals surface area contributed by atoms with Gasteiger partial charge < -0.3 is 4.74 Å². The molecule has 1 heterocycles. The molecule has 1 unspecified atom stereocenters. The smallest absolute Gasteiger partial charge is 0.413 e. The number of ether oxygens (including phenoxy) is 1. The number of nitrogens with zero attached hydrogens (tertiary/aromatic N) is 2. The summed E-state index contributed by atoms with van der Waals surface area (Å²) in [6.45, 7) is 0.194. The normalized spacial score (nSPS) is 14.1. The SMILES string of the molecule is CS(=O)c1nnc(NC(=O)OCc2ccccc2)c2c1CCC2. The van der Waals surface area contributed by atoms with E-state index in [-0.39, 0.29) is 6.61 Å². The molecule has 0 saturated carbocycles. The van der Waals surface area contributed by atoms with Gasteiger partial charge in [0.15, 0.2) is 10.8 Å². The van der Waals surface area contributed by atoms with Crippen molar-refractivity contribution in [2.75, 3.05) is 11.6 Å². The van der Waals surface area contributed by atoms with Crippen molar-refractivity contribution >= 4 is 22.7 Å². The first-order valence-electron chi connectivity index (χ1n) is 7.34. The summed E-state index contributed by atoms with van der Waals surface area (Å²) in [5.74, 6) is 0.407. The molecule has 1 atom stereocenters. The number of nitrogens with one attached hydrogen (secondary N) is 1. The fourth-order valence-corrected chi connectivity index (χ4v) is 3.37. The van der Waals surface area contributed by atoms with Crippen LogP contribution in [0.2, 0.25) is 0 Å². The zero-order valence-corrected chi connectivity index (χ0v) is 13.6. The van der Waals surface area contributed by atoms with Gasteiger partial charge in [0, 0.05) is 11.8 Å². The summed E-state index contributed by atoms with van der Waals surface area (Å²) < 4.78 is 16.9. The van der Waals surface area contributed by atoms with Gasteiger partial charge in [0.1, 0.15) is 6.61 Å². The van der Waals surface area contributed by atoms with Crippen molar-refractivity contribution in [2.45, 2.75) is 30.9 Å². The highest BCUT2D eigenvalue weighted by Gasteiger charge is 2.23. The van der Waals surface area contributed by atoms with E-state index >= 15 is 0 Å². The maximum Gasteiger partial charge on any atom is 0.413 e. The fourth-order valence-electron chi connectivity index (χ4n) is 2.64. The van der Waals surface area contributed by atoms with Crippen LogP contribution in [0, 0.1) is 0 Å². The van der Waals surface area contributed by atoms with Crippen molar-refractivity contribution in [1.82, 2.24) is 10.2 Å². The number of benzene rings is 1. The second-order valence-corrected chi connectivity index (χ2v) is 6.60. The molecule has 0 aliphatic heterocycles. The second kappa shape index (κ2) is 6.87. The van der Waals surface area contributed by atoms with E-state index in [2.05, 4.69) is 15.5 Å². The first-order valence-corrected chi connectivity index (χ1v) is 8.90. The minimum atomic E-state index is -1.18. The van der Waals surface area contributed by atoms with Crippen LogP contribution < -0.4 is 5.32 Å². The first kappa shape index (κ1) is 15.6. The molecule has 1 aromatic heterocycles. The van der Waals surface area contributed by atoms with Gasteiger partial charge in [0.2, 0.25) is 0 Å². The van der Waals surface area contributed by atoms with Gasteiger partial charge in [-0.2, -0.15) is 0 Å². The number of carbonyl (C=O) groups excluding carboxylic acids is 1. The lowest BCUT2D eigenvalue weighted by molar-refractivity contribution is 0.155. The van der Waals surface area contributed by atoms with Crippen molar-refractivity contribution in [2.24, 2.45) is 0 Å². The van der Waals surface area contributed by atoms with Gasteiger partial charge >= 0.3 is 6.09 Å². The second-order valence-electron chi connectivity index (χ2n) is 5.31. The topological polar surface area (TPSA) is 81.2 Å². The lowest BCUT2D eigenvalue weighted by atomic mass is 10.2. The van der Waals surface area contributed by atoms with E-state index in [4.69, 9.17) is 4.74 Å². The Hall–Kier alpha value is -2.28. The molecule has 120 valence electrons. The van der Waals surface area contributed by atoms with E-state index in [9.17, 15) is 9.00 Å². The first-order chi connectivity index (χ1) is 11.1. The van der Waals surface area contributed by atoms with Crippen LogP contribution in [-0.4, -0.2) is 26.8 Å². The van der Waals surface area contributed by atoms with Crippen LogP contribution in [0.1, 0.15) is 23.1 Å². The van der Waals surface area contributed by atoms with Gasteiger partial charge in [-0.3, -0.25) is 9.53 Å². The molecule has 2 aromatic rings. The minimum absolute atomic E-state index is 0.194. The molecule has 0 radical (unpaired) electrons. The van der Waals surface area contributed by atoms with Gasteiger partial charge in [0.25, 0.3) is 0 Å². The summed E-state index contributed by atoms with van der Waals surface area (Å²) in [6, 6.07) is 9.45. The third-order valence-electron chi connectivity index (χ3n) is 3.71. The Morgan fingerprint density at radius 1 is 1.22 bits per heavy atom. The molecule has 3 rings (SSSR count). The summed E-state index contributed by atoms with van der Waals surface area (Å²) in [5.41, 5.74) is 2.77. The third-order valence-corrected chi connectivity index (χ3v) is 4.58. The molecule has 0 spiro atoms. The van der Waals surface area contributed by atoms with Crippen molar-refractivity contribution in [1.29, 1.82) is 0 Å². The molecule has 0 bridgehead atoms. The molecule has 7 heteroatoms. The predicted molar refractivity (Wildman–Crippen MR) is 86.6 cm³/mol. The third kappa shape index (κ3) is 3.56. The summed E-state index contributed by atoms with van der Waals surface area (Å²) in [7, 11) is -1.18. The number of rotatable bonds is 4. The summed E-state index contributed by atoms with van der Waals surface area (Å²) in [4.78, 5) is 11.9. The number of hydrogen-bond donors (Lipinski definition) is 1. The quantitative estimate of drug-likeness (QED) is 0.930. The van der Waals surface area contributed by atoms with E-state index < -0.39 is 16.9 Å². The molecule has 1 amide bonds. The van der Waals surface area contributed by atoms with Crippen LogP contribution in [0.4, 0.5) is 10.6 Å². The van der Waals surface area contributed by atoms with E-state index in [1.807, 2.05) is 30.3 Å². The van der Waals surface area contributed by atoms with Crippen LogP contribution in [-0.2, 0) is 35.0 Å². The van der Waals surface area contributed by atoms with Crippen LogP contribution >= 0.6 is 0 Å². The Bertz CT molecular complexity index is 750. The molecular formula is C16H17N3O3S. The average Bonchev–Trinajstić information content (AvgIpc) is 3.04. The maximum atomic E-state index is 11.9. The lowest BCUT2D eigenvalue weighted by Gasteiger charge is -2.11. The van der Waals surface area contributed by atoms with E-state index in [0.29, 0.717) is 10.8 Å². The lowest BCUT2D eigenvalue weighted by Crippen LogP contribution is -2.17. The summed E-state index contributed by atoms with van der Waals surface area (Å²) >= 11 is 0. The standard InChI is InChI=1S/C16H17N3O3S/c1-23(21)15-13-9-5-8-12(13)14(18-19-15)17-16(20)22-10-11-6-3-2-4-7-11/h2-4,6-7H,5,8-10H2,1H3,(H,17,18,20). The summed E-state index contributed by atoms with van der Waals surface area (Å²) in [5, 5.41) is 11.2. The van der Waals surface area contributed by atoms with Crippen LogP contribution in [0.3, 0.4) is 0 Å². The Morgan fingerprint density at radius 2 is 1.96 bits per heavy atom. The Morgan fingerprint density at radius 3 is 2.70 bits per heavy atom. The molecule has 1 aliphatic carbocycles. The maximum absolute atomic E-state index is 11.9. The highest BCUT2D eigenvalue weighted by molar-refractivity contribution is 7.84. The van der Waals surface area contributed by atoms with Gasteiger partial charge in [-0.1, -0.05) is 30.3 Å². The van der Waals surface area contributed by atoms with Gasteiger partial charge in [-0.05, 0) is 30.4 Å². The van der Waals surface area contributed by atoms with Crippen molar-refractivity contribution in [3.8, 4) is 0 Å². The van der Waals surface area contributed by atoms with E-state index in [1.54, 1.807) is 6.26 Å². The largest absolute Gasteiger partial charge is 0.444 e. The molecular weight excluding hydrogens is 314 g/mol. The Labute approximate surface area is 136 Å². The molecule has 1 aromatic carbocycles. The number of anilines is 1. The van der Waals surface area contributed by atoms with Crippen LogP contribution in [0.15, 0.2) is 35.4 Å². The summed E-state index contributed by atoms with van der Waals surface area (Å²) in [6.07, 6.45) is 3.57. The fraction of sp³-hybridized carbons (Fsp3) is 0.312. The molecule has 0 saturated heterocycles. The highest BCUT2D eigenvalue weighted by Crippen LogP contribution is 2.30. The van der Waals surface area contributed by atoms with Gasteiger partial charge in [0.05, 0.1) is 10.8 Å². The number of carbonyl (C=O) groups is 1. The number of hydrogen-bond acceptors (Lipinski definition) is 5. The van der Waals surface area contributed by atoms with E-state index in [1.165, 1.54) is 0 Å². The Kier molecular flexibility index (Phi) is 4.66.